The molecule has 2 unspecified atom stereocenters. The zero-order chi connectivity index (χ0) is 28.0. The number of aromatic amines is 1. The minimum absolute atomic E-state index is 0.0554. The van der Waals surface area contributed by atoms with Gasteiger partial charge in [0, 0.05) is 25.2 Å². The van der Waals surface area contributed by atoms with Gasteiger partial charge in [0.2, 0.25) is 12.5 Å². The van der Waals surface area contributed by atoms with Crippen molar-refractivity contribution in [3.8, 4) is 11.8 Å². The van der Waals surface area contributed by atoms with Crippen molar-refractivity contribution < 1.29 is 23.3 Å². The third kappa shape index (κ3) is 6.52. The van der Waals surface area contributed by atoms with E-state index < -0.39 is 43.8 Å². The second-order valence-electron chi connectivity index (χ2n) is 9.67. The molecule has 13 heteroatoms. The van der Waals surface area contributed by atoms with Crippen LogP contribution < -0.4 is 16.6 Å². The van der Waals surface area contributed by atoms with Crippen molar-refractivity contribution in [1.29, 1.82) is 0 Å². The van der Waals surface area contributed by atoms with Crippen molar-refractivity contribution in [2.24, 2.45) is 0 Å². The van der Waals surface area contributed by atoms with E-state index in [9.17, 15) is 14.4 Å². The summed E-state index contributed by atoms with van der Waals surface area (Å²) in [5, 5.41) is 2.53. The highest BCUT2D eigenvalue weighted by Gasteiger charge is 2.63. The topological polar surface area (TPSA) is 128 Å². The minimum Gasteiger partial charge on any atom is -0.368 e. The van der Waals surface area contributed by atoms with Crippen LogP contribution in [0.4, 0.5) is 0 Å². The second-order valence-corrected chi connectivity index (χ2v) is 11.1. The van der Waals surface area contributed by atoms with Crippen LogP contribution in [0.1, 0.15) is 59.8 Å². The molecule has 1 aromatic heterocycles. The first kappa shape index (κ1) is 30.0. The number of carbonyl (C=O) groups excluding carboxylic acids is 1. The summed E-state index contributed by atoms with van der Waals surface area (Å²) in [5.41, 5.74) is -2.06. The van der Waals surface area contributed by atoms with Crippen LogP contribution in [0.2, 0.25) is 0 Å². The zero-order valence-electron chi connectivity index (χ0n) is 22.6. The molecule has 0 aliphatic carbocycles. The number of nitrogens with zero attached hydrogens (tertiary/aromatic N) is 3. The molecule has 208 valence electrons. The molecule has 2 fully saturated rings. The van der Waals surface area contributed by atoms with Crippen LogP contribution in [0.3, 0.4) is 0 Å². The number of fused-ring (bicyclic) bond motifs is 2. The van der Waals surface area contributed by atoms with Crippen molar-refractivity contribution in [1.82, 2.24) is 19.5 Å². The van der Waals surface area contributed by atoms with Gasteiger partial charge >= 0.3 is 5.69 Å². The molecule has 5 atom stereocenters. The van der Waals surface area contributed by atoms with Gasteiger partial charge in [-0.15, -0.1) is 0 Å². The van der Waals surface area contributed by atoms with E-state index in [4.69, 9.17) is 25.1 Å². The van der Waals surface area contributed by atoms with Gasteiger partial charge in [-0.25, -0.2) is 16.0 Å². The lowest BCUT2D eigenvalue weighted by molar-refractivity contribution is -0.175. The highest BCUT2D eigenvalue weighted by Crippen LogP contribution is 2.55. The highest BCUT2D eigenvalue weighted by atomic mass is 31.2. The predicted octanol–water partition coefficient (Wildman–Crippen LogP) is 1.77. The van der Waals surface area contributed by atoms with Gasteiger partial charge in [0.25, 0.3) is 14.1 Å². The fourth-order valence-corrected chi connectivity index (χ4v) is 6.36. The van der Waals surface area contributed by atoms with Gasteiger partial charge < -0.3 is 28.7 Å². The largest absolute Gasteiger partial charge is 0.368 e. The average Bonchev–Trinajstić information content (AvgIpc) is 3.34. The van der Waals surface area contributed by atoms with Gasteiger partial charge in [-0.05, 0) is 34.1 Å². The molecule has 38 heavy (non-hydrogen) atoms. The first-order valence-electron chi connectivity index (χ1n) is 12.6. The van der Waals surface area contributed by atoms with Crippen LogP contribution in [0.15, 0.2) is 15.8 Å². The van der Waals surface area contributed by atoms with E-state index >= 15 is 0 Å². The monoisotopic (exact) mass is 549 g/mol. The molecule has 1 amide bonds. The van der Waals surface area contributed by atoms with E-state index in [1.807, 2.05) is 6.92 Å². The van der Waals surface area contributed by atoms with Gasteiger partial charge in [0.05, 0.1) is 13.2 Å². The van der Waals surface area contributed by atoms with Crippen LogP contribution in [-0.4, -0.2) is 76.3 Å². The molecule has 12 nitrogen and oxygen atoms in total. The molecule has 3 rings (SSSR count). The molecule has 2 aliphatic rings. The standard InChI is InChI=1S/C25H36N5O7P/c1-8-25-15-34-20(21(25)37-38(35-13-12-26-7)30(16(2)3)17(4)5)23(36-25)29-14-19(22(32)28-24(29)33)10-9-11-27-18(6)31/h14,16-17,20-21,23H,8,11-13,15H2,1-6H3,(H,27,31)(H,28,32,33)/t20?,21-,23+,25+,38?/m0/s1. The number of ether oxygens (including phenoxy) is 2. The van der Waals surface area contributed by atoms with E-state index in [0.717, 1.165) is 0 Å². The Morgan fingerprint density at radius 1 is 1.39 bits per heavy atom. The van der Waals surface area contributed by atoms with Gasteiger partial charge in [-0.3, -0.25) is 19.1 Å². The summed E-state index contributed by atoms with van der Waals surface area (Å²) >= 11 is 0. The molecule has 2 aliphatic heterocycles. The van der Waals surface area contributed by atoms with Gasteiger partial charge in [-0.1, -0.05) is 18.8 Å². The maximum Gasteiger partial charge on any atom is 0.330 e. The van der Waals surface area contributed by atoms with Crippen LogP contribution in [0, 0.1) is 18.4 Å². The Labute approximate surface area is 223 Å². The third-order valence-electron chi connectivity index (χ3n) is 6.32. The molecule has 0 saturated carbocycles. The predicted molar refractivity (Wildman–Crippen MR) is 141 cm³/mol. The normalized spacial score (nSPS) is 24.9. The van der Waals surface area contributed by atoms with Crippen molar-refractivity contribution in [2.45, 2.75) is 84.1 Å². The molecule has 2 bridgehead atoms. The minimum atomic E-state index is -1.57. The zero-order valence-corrected chi connectivity index (χ0v) is 23.5. The number of H-pyrrole nitrogens is 1. The van der Waals surface area contributed by atoms with E-state index in [0.29, 0.717) is 6.42 Å². The molecule has 0 radical (unpaired) electrons. The lowest BCUT2D eigenvalue weighted by atomic mass is 9.96. The van der Waals surface area contributed by atoms with Gasteiger partial charge in [0.15, 0.2) is 6.23 Å². The quantitative estimate of drug-likeness (QED) is 0.185. The molecule has 0 spiro atoms. The van der Waals surface area contributed by atoms with E-state index in [1.54, 1.807) is 0 Å². The molecule has 3 heterocycles. The Balaban J connectivity index is 1.93. The molecule has 0 aromatic carbocycles. The summed E-state index contributed by atoms with van der Waals surface area (Å²) in [6, 6.07) is 0.229. The number of aromatic nitrogens is 2. The summed E-state index contributed by atoms with van der Waals surface area (Å²) in [6.07, 6.45) is -0.152. The first-order valence-corrected chi connectivity index (χ1v) is 13.8. The SMILES string of the molecule is [C-]#[N+]CCOP(O[C@H]1C2OC[C@@]1(CC)O[C@H]2n1cc(C#CCNC(C)=O)c(=O)[nH]c1=O)N(C(C)C)C(C)C. The summed E-state index contributed by atoms with van der Waals surface area (Å²) in [4.78, 5) is 41.9. The number of hydrogen-bond acceptors (Lipinski definition) is 8. The van der Waals surface area contributed by atoms with Crippen LogP contribution in [0.5, 0.6) is 0 Å². The number of carbonyl (C=O) groups is 1. The van der Waals surface area contributed by atoms with Gasteiger partial charge in [0.1, 0.15) is 30.0 Å². The van der Waals surface area contributed by atoms with E-state index in [-0.39, 0.29) is 49.9 Å². The van der Waals surface area contributed by atoms with Gasteiger partial charge in [-0.2, -0.15) is 0 Å². The number of hydrogen-bond donors (Lipinski definition) is 2. The third-order valence-corrected chi connectivity index (χ3v) is 8.43. The van der Waals surface area contributed by atoms with E-state index in [2.05, 4.69) is 59.4 Å². The first-order chi connectivity index (χ1) is 18.0. The summed E-state index contributed by atoms with van der Waals surface area (Å²) < 4.78 is 28.7. The summed E-state index contributed by atoms with van der Waals surface area (Å²) in [5.74, 6) is 5.15. The Morgan fingerprint density at radius 3 is 2.71 bits per heavy atom. The lowest BCUT2D eigenvalue weighted by Crippen LogP contribution is -2.43. The lowest BCUT2D eigenvalue weighted by Gasteiger charge is -2.38. The average molecular weight is 550 g/mol. The molecule has 2 N–H and O–H groups in total. The number of amides is 1. The Morgan fingerprint density at radius 2 is 2.11 bits per heavy atom. The van der Waals surface area contributed by atoms with Crippen molar-refractivity contribution in [2.75, 3.05) is 26.3 Å². The Kier molecular flexibility index (Phi) is 10.2. The maximum absolute atomic E-state index is 12.8. The van der Waals surface area contributed by atoms with Crippen molar-refractivity contribution in [3.63, 3.8) is 0 Å². The molecular formula is C25H36N5O7P. The number of nitrogens with one attached hydrogen (secondary N) is 2. The summed E-state index contributed by atoms with van der Waals surface area (Å²) in [6.45, 7) is 19.4. The van der Waals surface area contributed by atoms with E-state index in [1.165, 1.54) is 17.7 Å². The van der Waals surface area contributed by atoms with Crippen LogP contribution >= 0.6 is 8.53 Å². The molecule has 1 aromatic rings. The fourth-order valence-electron chi connectivity index (χ4n) is 4.56. The van der Waals surface area contributed by atoms with Crippen LogP contribution in [0.25, 0.3) is 4.85 Å². The second kappa shape index (κ2) is 13.0. The Hall–Kier alpha value is -2.57. The smallest absolute Gasteiger partial charge is 0.330 e. The maximum atomic E-state index is 12.8. The number of rotatable bonds is 11. The van der Waals surface area contributed by atoms with Crippen molar-refractivity contribution >= 4 is 14.4 Å². The summed E-state index contributed by atoms with van der Waals surface area (Å²) in [7, 11) is -1.57. The fraction of sp³-hybridized carbons (Fsp3) is 0.680. The molecule has 2 saturated heterocycles. The highest BCUT2D eigenvalue weighted by molar-refractivity contribution is 7.44. The van der Waals surface area contributed by atoms with Crippen molar-refractivity contribution in [3.05, 3.63) is 44.0 Å². The van der Waals surface area contributed by atoms with Crippen LogP contribution in [-0.2, 0) is 23.3 Å². The Bertz CT molecular complexity index is 1210. The molecular weight excluding hydrogens is 513 g/mol.